The highest BCUT2D eigenvalue weighted by molar-refractivity contribution is 6.23. The fourth-order valence-corrected chi connectivity index (χ4v) is 5.20. The van der Waals surface area contributed by atoms with E-state index >= 15 is 0 Å². The highest BCUT2D eigenvalue weighted by atomic mass is 16.3. The molecule has 0 saturated carbocycles. The number of benzene rings is 3. The lowest BCUT2D eigenvalue weighted by Crippen LogP contribution is -2.33. The summed E-state index contributed by atoms with van der Waals surface area (Å²) >= 11 is 0. The largest absolute Gasteiger partial charge is 0.455 e. The molecule has 3 heteroatoms. The third-order valence-electron chi connectivity index (χ3n) is 6.68. The lowest BCUT2D eigenvalue weighted by molar-refractivity contribution is -0.659. The van der Waals surface area contributed by atoms with Crippen molar-refractivity contribution in [1.82, 2.24) is 0 Å². The zero-order valence-corrected chi connectivity index (χ0v) is 17.4. The maximum Gasteiger partial charge on any atom is 0.224 e. The molecule has 0 aliphatic carbocycles. The van der Waals surface area contributed by atoms with Gasteiger partial charge < -0.3 is 9.32 Å². The molecule has 3 heterocycles. The number of rotatable bonds is 0. The van der Waals surface area contributed by atoms with Crippen LogP contribution in [0, 0.1) is 20.8 Å². The quantitative estimate of drug-likeness (QED) is 0.297. The minimum absolute atomic E-state index is 0.943. The van der Waals surface area contributed by atoms with Crippen LogP contribution in [0.2, 0.25) is 0 Å². The van der Waals surface area contributed by atoms with Crippen molar-refractivity contribution in [3.63, 3.8) is 0 Å². The topological polar surface area (TPSA) is 20.3 Å². The van der Waals surface area contributed by atoms with Crippen LogP contribution in [0.15, 0.2) is 53.1 Å². The lowest BCUT2D eigenvalue weighted by atomic mass is 9.87. The van der Waals surface area contributed by atoms with Crippen molar-refractivity contribution in [2.24, 2.45) is 7.05 Å². The summed E-state index contributed by atoms with van der Waals surface area (Å²) in [5, 5.41) is 4.80. The van der Waals surface area contributed by atoms with Gasteiger partial charge in [0.1, 0.15) is 18.2 Å². The number of hydrogen-bond donors (Lipinski definition) is 0. The zero-order valence-electron chi connectivity index (χ0n) is 17.4. The second-order valence-electron chi connectivity index (χ2n) is 8.35. The second-order valence-corrected chi connectivity index (χ2v) is 8.35. The molecule has 0 fully saturated rings. The number of anilines is 2. The minimum Gasteiger partial charge on any atom is -0.455 e. The highest BCUT2D eigenvalue weighted by Gasteiger charge is 2.33. The average molecular weight is 379 g/mol. The summed E-state index contributed by atoms with van der Waals surface area (Å²) in [7, 11) is 4.34. The van der Waals surface area contributed by atoms with Crippen LogP contribution in [0.25, 0.3) is 44.0 Å². The van der Waals surface area contributed by atoms with Gasteiger partial charge in [-0.05, 0) is 49.6 Å². The average Bonchev–Trinajstić information content (AvgIpc) is 3.08. The molecule has 0 atom stereocenters. The Morgan fingerprint density at radius 1 is 0.897 bits per heavy atom. The Hall–Kier alpha value is -3.33. The highest BCUT2D eigenvalue weighted by Crippen LogP contribution is 2.51. The fourth-order valence-electron chi connectivity index (χ4n) is 5.20. The van der Waals surface area contributed by atoms with E-state index in [-0.39, 0.29) is 0 Å². The molecule has 6 rings (SSSR count). The van der Waals surface area contributed by atoms with E-state index in [1.807, 2.05) is 6.07 Å². The summed E-state index contributed by atoms with van der Waals surface area (Å²) in [5.74, 6) is 0. The molecule has 2 aromatic heterocycles. The first-order chi connectivity index (χ1) is 14.0. The summed E-state index contributed by atoms with van der Waals surface area (Å²) in [6.45, 7) is 6.67. The Labute approximate surface area is 169 Å². The number of aryl methyl sites for hydroxylation is 3. The Morgan fingerprint density at radius 3 is 2.52 bits per heavy atom. The molecule has 0 spiro atoms. The summed E-state index contributed by atoms with van der Waals surface area (Å²) < 4.78 is 8.62. The van der Waals surface area contributed by atoms with Crippen molar-refractivity contribution in [3.05, 3.63) is 65.4 Å². The van der Waals surface area contributed by atoms with Crippen molar-refractivity contribution in [1.29, 1.82) is 0 Å². The van der Waals surface area contributed by atoms with E-state index < -0.39 is 0 Å². The van der Waals surface area contributed by atoms with Gasteiger partial charge in [-0.3, -0.25) is 0 Å². The van der Waals surface area contributed by atoms with Crippen LogP contribution >= 0.6 is 0 Å². The molecule has 1 aliphatic rings. The smallest absolute Gasteiger partial charge is 0.224 e. The van der Waals surface area contributed by atoms with Crippen molar-refractivity contribution < 1.29 is 8.98 Å². The van der Waals surface area contributed by atoms with Crippen molar-refractivity contribution in [2.75, 3.05) is 11.9 Å². The predicted molar refractivity (Wildman–Crippen MR) is 120 cm³/mol. The molecule has 3 nitrogen and oxygen atoms in total. The molecular formula is C26H23N2O+. The number of hydrogen-bond acceptors (Lipinski definition) is 2. The summed E-state index contributed by atoms with van der Waals surface area (Å²) in [5.41, 5.74) is 11.1. The van der Waals surface area contributed by atoms with Crippen LogP contribution in [-0.2, 0) is 7.05 Å². The van der Waals surface area contributed by atoms with Gasteiger partial charge in [0, 0.05) is 29.3 Å². The maximum absolute atomic E-state index is 6.36. The maximum atomic E-state index is 6.36. The van der Waals surface area contributed by atoms with E-state index in [0.717, 1.165) is 11.2 Å². The van der Waals surface area contributed by atoms with E-state index in [2.05, 4.69) is 86.9 Å². The molecule has 29 heavy (non-hydrogen) atoms. The molecule has 0 radical (unpaired) electrons. The van der Waals surface area contributed by atoms with E-state index in [9.17, 15) is 0 Å². The molecule has 0 unspecified atom stereocenters. The monoisotopic (exact) mass is 379 g/mol. The number of para-hydroxylation sites is 1. The third kappa shape index (κ3) is 1.95. The van der Waals surface area contributed by atoms with Crippen LogP contribution in [0.4, 0.5) is 11.4 Å². The van der Waals surface area contributed by atoms with Gasteiger partial charge in [0.25, 0.3) is 0 Å². The van der Waals surface area contributed by atoms with Crippen molar-refractivity contribution >= 4 is 44.1 Å². The van der Waals surface area contributed by atoms with Crippen molar-refractivity contribution in [2.45, 2.75) is 20.8 Å². The molecule has 0 bridgehead atoms. The number of furan rings is 1. The zero-order chi connectivity index (χ0) is 20.0. The first-order valence-electron chi connectivity index (χ1n) is 10.1. The van der Waals surface area contributed by atoms with Gasteiger partial charge in [0.15, 0.2) is 6.20 Å². The van der Waals surface area contributed by atoms with E-state index in [4.69, 9.17) is 4.42 Å². The standard InChI is InChI=1S/C26H23N2O/c1-14-12-15(2)24-22(16(14)3)25-23-18(10-11-27(25)4)26-19(13-20(23)28(24)5)17-8-6-7-9-21(17)29-26/h6-13H,1-5H3/q+1. The van der Waals surface area contributed by atoms with Gasteiger partial charge in [-0.2, -0.15) is 0 Å². The van der Waals surface area contributed by atoms with Gasteiger partial charge in [-0.15, -0.1) is 0 Å². The Balaban J connectivity index is 1.91. The van der Waals surface area contributed by atoms with Gasteiger partial charge >= 0.3 is 0 Å². The minimum atomic E-state index is 0.943. The second kappa shape index (κ2) is 5.38. The Bertz CT molecular complexity index is 1510. The summed E-state index contributed by atoms with van der Waals surface area (Å²) in [4.78, 5) is 2.37. The predicted octanol–water partition coefficient (Wildman–Crippen LogP) is 6.24. The first-order valence-corrected chi connectivity index (χ1v) is 10.1. The van der Waals surface area contributed by atoms with Gasteiger partial charge in [-0.1, -0.05) is 24.3 Å². The molecule has 3 aromatic carbocycles. The molecule has 0 amide bonds. The van der Waals surface area contributed by atoms with E-state index in [1.54, 1.807) is 0 Å². The van der Waals surface area contributed by atoms with Crippen LogP contribution in [-0.4, -0.2) is 7.05 Å². The van der Waals surface area contributed by atoms with Gasteiger partial charge in [0.2, 0.25) is 5.69 Å². The van der Waals surface area contributed by atoms with Crippen LogP contribution in [0.5, 0.6) is 0 Å². The fraction of sp³-hybridized carbons (Fsp3) is 0.192. The number of fused-ring (bicyclic) bond motifs is 6. The molecule has 0 N–H and O–H groups in total. The molecule has 1 aliphatic heterocycles. The number of nitrogens with zero attached hydrogens (tertiary/aromatic N) is 2. The van der Waals surface area contributed by atoms with Crippen LogP contribution in [0.3, 0.4) is 0 Å². The van der Waals surface area contributed by atoms with Gasteiger partial charge in [-0.25, -0.2) is 4.57 Å². The van der Waals surface area contributed by atoms with Gasteiger partial charge in [0.05, 0.1) is 22.3 Å². The number of aromatic nitrogens is 1. The molecule has 142 valence electrons. The number of pyridine rings is 1. The molecule has 0 saturated heterocycles. The van der Waals surface area contributed by atoms with Crippen LogP contribution < -0.4 is 9.47 Å². The van der Waals surface area contributed by atoms with E-state index in [0.29, 0.717) is 0 Å². The first kappa shape index (κ1) is 16.6. The SMILES string of the molecule is Cc1cc(C)c2c(c1C)-c1c3c(cc4c5ccccc5oc4c3cc[n+]1C)N2C. The van der Waals surface area contributed by atoms with Crippen LogP contribution in [0.1, 0.15) is 16.7 Å². The summed E-state index contributed by atoms with van der Waals surface area (Å²) in [6, 6.07) is 15.1. The Morgan fingerprint density at radius 2 is 1.69 bits per heavy atom. The molecular weight excluding hydrogens is 356 g/mol. The molecule has 5 aromatic rings. The van der Waals surface area contributed by atoms with E-state index in [1.165, 1.54) is 60.9 Å². The Kier molecular flexibility index (Phi) is 3.08. The summed E-state index contributed by atoms with van der Waals surface area (Å²) in [6.07, 6.45) is 2.17. The normalized spacial score (nSPS) is 12.9. The third-order valence-corrected chi connectivity index (χ3v) is 6.68. The lowest BCUT2D eigenvalue weighted by Gasteiger charge is -2.31. The van der Waals surface area contributed by atoms with Crippen molar-refractivity contribution in [3.8, 4) is 11.3 Å².